The summed E-state index contributed by atoms with van der Waals surface area (Å²) < 4.78 is 18.0. The molecule has 0 aromatic heterocycles. The molecule has 130 valence electrons. The van der Waals surface area contributed by atoms with Gasteiger partial charge < -0.3 is 4.74 Å². The number of halogens is 1. The molecule has 2 aromatic rings. The molecule has 1 fully saturated rings. The lowest BCUT2D eigenvalue weighted by Gasteiger charge is -2.26. The zero-order valence-electron chi connectivity index (χ0n) is 14.0. The summed E-state index contributed by atoms with van der Waals surface area (Å²) in [4.78, 5) is 26.0. The van der Waals surface area contributed by atoms with E-state index in [2.05, 4.69) is 0 Å². The molecule has 1 amide bonds. The molecule has 0 N–H and O–H groups in total. The predicted molar refractivity (Wildman–Crippen MR) is 96.2 cm³/mol. The lowest BCUT2D eigenvalue weighted by molar-refractivity contribution is -0.115. The second kappa shape index (κ2) is 7.27. The number of thioether (sulfide) groups is 1. The molecular formula is C19H18FNO3S. The molecule has 0 bridgehead atoms. The number of aryl methyl sites for hydroxylation is 1. The van der Waals surface area contributed by atoms with Gasteiger partial charge in [0.15, 0.2) is 0 Å². The van der Waals surface area contributed by atoms with Gasteiger partial charge in [0.1, 0.15) is 11.2 Å². The molecule has 1 aliphatic heterocycles. The van der Waals surface area contributed by atoms with Crippen molar-refractivity contribution in [2.45, 2.75) is 18.7 Å². The fraction of sp³-hybridized carbons (Fsp3) is 0.263. The highest BCUT2D eigenvalue weighted by molar-refractivity contribution is 8.00. The van der Waals surface area contributed by atoms with Gasteiger partial charge in [-0.2, -0.15) is 0 Å². The first-order chi connectivity index (χ1) is 12.0. The first-order valence-corrected chi connectivity index (χ1v) is 9.00. The monoisotopic (exact) mass is 359 g/mol. The fourth-order valence-electron chi connectivity index (χ4n) is 2.91. The predicted octanol–water partition coefficient (Wildman–Crippen LogP) is 3.95. The van der Waals surface area contributed by atoms with Gasteiger partial charge in [-0.25, -0.2) is 9.18 Å². The van der Waals surface area contributed by atoms with Gasteiger partial charge in [0.25, 0.3) is 0 Å². The van der Waals surface area contributed by atoms with Gasteiger partial charge in [-0.1, -0.05) is 19.1 Å². The molecule has 0 radical (unpaired) electrons. The van der Waals surface area contributed by atoms with Gasteiger partial charge in [-0.15, -0.1) is 11.8 Å². The van der Waals surface area contributed by atoms with Crippen molar-refractivity contribution in [2.24, 2.45) is 0 Å². The molecular weight excluding hydrogens is 341 g/mol. The van der Waals surface area contributed by atoms with E-state index in [9.17, 15) is 14.0 Å². The van der Waals surface area contributed by atoms with E-state index in [-0.39, 0.29) is 17.1 Å². The number of anilines is 1. The number of methoxy groups -OCH3 is 1. The van der Waals surface area contributed by atoms with Crippen LogP contribution in [0.15, 0.2) is 42.5 Å². The number of esters is 1. The number of rotatable bonds is 4. The first kappa shape index (κ1) is 17.5. The molecule has 1 aliphatic rings. The molecule has 2 aromatic carbocycles. The molecule has 25 heavy (non-hydrogen) atoms. The third-order valence-corrected chi connectivity index (χ3v) is 5.38. The van der Waals surface area contributed by atoms with Crippen LogP contribution in [0.5, 0.6) is 0 Å². The van der Waals surface area contributed by atoms with Gasteiger partial charge in [0.05, 0.1) is 18.4 Å². The molecule has 4 nitrogen and oxygen atoms in total. The van der Waals surface area contributed by atoms with Gasteiger partial charge in [0, 0.05) is 5.69 Å². The smallest absolute Gasteiger partial charge is 0.337 e. The van der Waals surface area contributed by atoms with Gasteiger partial charge >= 0.3 is 5.97 Å². The number of ether oxygens (including phenoxy) is 1. The number of nitrogens with zero attached hydrogens (tertiary/aromatic N) is 1. The summed E-state index contributed by atoms with van der Waals surface area (Å²) >= 11 is 1.51. The quantitative estimate of drug-likeness (QED) is 0.776. The largest absolute Gasteiger partial charge is 0.465 e. The van der Waals surface area contributed by atoms with Crippen molar-refractivity contribution in [1.29, 1.82) is 0 Å². The van der Waals surface area contributed by atoms with E-state index in [1.807, 2.05) is 6.92 Å². The maximum Gasteiger partial charge on any atom is 0.337 e. The average Bonchev–Trinajstić information content (AvgIpc) is 3.02. The summed E-state index contributed by atoms with van der Waals surface area (Å²) in [6.07, 6.45) is 0.671. The van der Waals surface area contributed by atoms with E-state index in [0.29, 0.717) is 17.7 Å². The number of carbonyl (C=O) groups excluding carboxylic acids is 2. The molecule has 3 rings (SSSR count). The number of hydrogen-bond acceptors (Lipinski definition) is 4. The third-order valence-electron chi connectivity index (χ3n) is 4.16. The topological polar surface area (TPSA) is 46.6 Å². The minimum atomic E-state index is -0.404. The van der Waals surface area contributed by atoms with Crippen LogP contribution in [0.25, 0.3) is 0 Å². The van der Waals surface area contributed by atoms with E-state index in [1.165, 1.54) is 31.0 Å². The van der Waals surface area contributed by atoms with Crippen molar-refractivity contribution in [2.75, 3.05) is 17.8 Å². The summed E-state index contributed by atoms with van der Waals surface area (Å²) in [5.41, 5.74) is 3.00. The summed E-state index contributed by atoms with van der Waals surface area (Å²) in [5, 5.41) is -0.206. The molecule has 0 aliphatic carbocycles. The van der Waals surface area contributed by atoms with Gasteiger partial charge in [0.2, 0.25) is 5.91 Å². The van der Waals surface area contributed by atoms with E-state index in [1.54, 1.807) is 35.2 Å². The Morgan fingerprint density at radius 2 is 2.00 bits per heavy atom. The van der Waals surface area contributed by atoms with Crippen LogP contribution < -0.4 is 4.90 Å². The minimum Gasteiger partial charge on any atom is -0.465 e. The Hall–Kier alpha value is -2.34. The molecule has 1 atom stereocenters. The first-order valence-electron chi connectivity index (χ1n) is 7.95. The van der Waals surface area contributed by atoms with Crippen LogP contribution in [-0.2, 0) is 16.0 Å². The van der Waals surface area contributed by atoms with Crippen LogP contribution in [0.1, 0.15) is 33.8 Å². The van der Waals surface area contributed by atoms with E-state index in [4.69, 9.17) is 4.74 Å². The van der Waals surface area contributed by atoms with E-state index < -0.39 is 5.97 Å². The highest BCUT2D eigenvalue weighted by atomic mass is 32.2. The Labute approximate surface area is 150 Å². The standard InChI is InChI=1S/C19H18FNO3S/c1-3-12-10-14(19(23)24-2)6-9-16(12)21-17(22)11-25-18(21)13-4-7-15(20)8-5-13/h4-10,18H,3,11H2,1-2H3. The van der Waals surface area contributed by atoms with Crippen molar-refractivity contribution in [3.63, 3.8) is 0 Å². The molecule has 0 spiro atoms. The molecule has 0 saturated carbocycles. The molecule has 6 heteroatoms. The average molecular weight is 359 g/mol. The Morgan fingerprint density at radius 1 is 1.28 bits per heavy atom. The highest BCUT2D eigenvalue weighted by Crippen LogP contribution is 2.43. The van der Waals surface area contributed by atoms with Crippen molar-refractivity contribution in [3.8, 4) is 0 Å². The van der Waals surface area contributed by atoms with Crippen LogP contribution in [0.3, 0.4) is 0 Å². The van der Waals surface area contributed by atoms with Crippen LogP contribution >= 0.6 is 11.8 Å². The van der Waals surface area contributed by atoms with Crippen LogP contribution in [0.4, 0.5) is 10.1 Å². The third kappa shape index (κ3) is 3.39. The van der Waals surface area contributed by atoms with Crippen LogP contribution in [-0.4, -0.2) is 24.7 Å². The SMILES string of the molecule is CCc1cc(C(=O)OC)ccc1N1C(=O)CSC1c1ccc(F)cc1. The number of amides is 1. The lowest BCUT2D eigenvalue weighted by Crippen LogP contribution is -2.29. The number of hydrogen-bond donors (Lipinski definition) is 0. The molecule has 1 unspecified atom stereocenters. The maximum atomic E-state index is 13.2. The van der Waals surface area contributed by atoms with Crippen molar-refractivity contribution >= 4 is 29.3 Å². The number of benzene rings is 2. The van der Waals surface area contributed by atoms with Gasteiger partial charge in [-0.3, -0.25) is 9.69 Å². The van der Waals surface area contributed by atoms with Crippen LogP contribution in [0, 0.1) is 5.82 Å². The Morgan fingerprint density at radius 3 is 2.64 bits per heavy atom. The van der Waals surface area contributed by atoms with Crippen molar-refractivity contribution < 1.29 is 18.7 Å². The number of carbonyl (C=O) groups is 2. The van der Waals surface area contributed by atoms with E-state index in [0.717, 1.165) is 16.8 Å². The van der Waals surface area contributed by atoms with Gasteiger partial charge in [-0.05, 0) is 47.9 Å². The van der Waals surface area contributed by atoms with E-state index >= 15 is 0 Å². The molecule has 1 saturated heterocycles. The normalized spacial score (nSPS) is 17.0. The van der Waals surface area contributed by atoms with Crippen molar-refractivity contribution in [1.82, 2.24) is 0 Å². The van der Waals surface area contributed by atoms with Crippen LogP contribution in [0.2, 0.25) is 0 Å². The lowest BCUT2D eigenvalue weighted by atomic mass is 10.0. The zero-order valence-corrected chi connectivity index (χ0v) is 14.8. The Bertz CT molecular complexity index is 807. The maximum absolute atomic E-state index is 13.2. The summed E-state index contributed by atoms with van der Waals surface area (Å²) in [6.45, 7) is 1.97. The zero-order chi connectivity index (χ0) is 18.0. The highest BCUT2D eigenvalue weighted by Gasteiger charge is 2.35. The second-order valence-electron chi connectivity index (χ2n) is 5.67. The molecule has 1 heterocycles. The summed E-state index contributed by atoms with van der Waals surface area (Å²) in [5.74, 6) is -0.344. The Balaban J connectivity index is 2.01. The fourth-order valence-corrected chi connectivity index (χ4v) is 4.08. The minimum absolute atomic E-state index is 0.000145. The Kier molecular flexibility index (Phi) is 5.08. The summed E-state index contributed by atoms with van der Waals surface area (Å²) in [7, 11) is 1.34. The summed E-state index contributed by atoms with van der Waals surface area (Å²) in [6, 6.07) is 11.4. The van der Waals surface area contributed by atoms with Crippen molar-refractivity contribution in [3.05, 3.63) is 65.0 Å². The second-order valence-corrected chi connectivity index (χ2v) is 6.74.